The van der Waals surface area contributed by atoms with Gasteiger partial charge in [0.15, 0.2) is 0 Å². The Morgan fingerprint density at radius 1 is 1.36 bits per heavy atom. The predicted molar refractivity (Wildman–Crippen MR) is 84.0 cm³/mol. The summed E-state index contributed by atoms with van der Waals surface area (Å²) in [6.45, 7) is 5.71. The first kappa shape index (κ1) is 16.3. The fourth-order valence-electron chi connectivity index (χ4n) is 2.48. The second kappa shape index (κ2) is 6.77. The number of likely N-dealkylation sites (N-methyl/N-ethyl adjacent to an activating group) is 1. The predicted octanol–water partition coefficient (Wildman–Crippen LogP) is 1.86. The highest BCUT2D eigenvalue weighted by atomic mass is 16.4. The van der Waals surface area contributed by atoms with Gasteiger partial charge in [0.25, 0.3) is 5.91 Å². The number of nitrogens with zero attached hydrogens (tertiary/aromatic N) is 3. The van der Waals surface area contributed by atoms with Crippen LogP contribution in [0.5, 0.6) is 0 Å². The van der Waals surface area contributed by atoms with Crippen molar-refractivity contribution >= 4 is 17.7 Å². The molecule has 2 heterocycles. The van der Waals surface area contributed by atoms with E-state index >= 15 is 0 Å². The molecule has 1 amide bonds. The number of aromatic nitrogens is 1. The average Bonchev–Trinajstić information content (AvgIpc) is 2.53. The Balaban J connectivity index is 2.05. The zero-order valence-electron chi connectivity index (χ0n) is 13.3. The first-order valence-corrected chi connectivity index (χ1v) is 7.61. The number of carbonyl (C=O) groups excluding carboxylic acids is 1. The Bertz CT molecular complexity index is 536. The monoisotopic (exact) mass is 305 g/mol. The number of hydrogen-bond acceptors (Lipinski definition) is 4. The topological polar surface area (TPSA) is 73.7 Å². The van der Waals surface area contributed by atoms with Crippen molar-refractivity contribution in [3.8, 4) is 0 Å². The van der Waals surface area contributed by atoms with Crippen LogP contribution < -0.4 is 4.90 Å². The number of piperidine rings is 1. The minimum absolute atomic E-state index is 0.332. The molecule has 0 bridgehead atoms. The fraction of sp³-hybridized carbons (Fsp3) is 0.562. The molecule has 0 aromatic carbocycles. The second-order valence-electron chi connectivity index (χ2n) is 6.00. The molecule has 1 N–H and O–H groups in total. The summed E-state index contributed by atoms with van der Waals surface area (Å²) in [5, 5.41) is 8.97. The minimum Gasteiger partial charge on any atom is -0.480 e. The van der Waals surface area contributed by atoms with Crippen LogP contribution >= 0.6 is 0 Å². The van der Waals surface area contributed by atoms with E-state index in [0.29, 0.717) is 5.56 Å². The highest BCUT2D eigenvalue weighted by molar-refractivity contribution is 5.96. The molecule has 22 heavy (non-hydrogen) atoms. The molecule has 1 saturated heterocycles. The Labute approximate surface area is 130 Å². The first-order chi connectivity index (χ1) is 10.4. The Kier molecular flexibility index (Phi) is 5.00. The number of anilines is 1. The summed E-state index contributed by atoms with van der Waals surface area (Å²) in [5.74, 6) is 0.268. The van der Waals surface area contributed by atoms with Gasteiger partial charge in [-0.25, -0.2) is 9.78 Å². The fourth-order valence-corrected chi connectivity index (χ4v) is 2.48. The van der Waals surface area contributed by atoms with Gasteiger partial charge in [-0.05, 0) is 37.8 Å². The van der Waals surface area contributed by atoms with Gasteiger partial charge in [-0.2, -0.15) is 0 Å². The minimum atomic E-state index is -1.03. The summed E-state index contributed by atoms with van der Waals surface area (Å²) in [7, 11) is 1.49. The van der Waals surface area contributed by atoms with Crippen LogP contribution in [0.15, 0.2) is 18.3 Å². The van der Waals surface area contributed by atoms with E-state index in [1.165, 1.54) is 25.1 Å². The van der Waals surface area contributed by atoms with Crippen LogP contribution in [0.25, 0.3) is 0 Å². The first-order valence-electron chi connectivity index (χ1n) is 7.61. The van der Waals surface area contributed by atoms with Gasteiger partial charge < -0.3 is 14.9 Å². The van der Waals surface area contributed by atoms with Crippen molar-refractivity contribution in [1.82, 2.24) is 9.88 Å². The summed E-state index contributed by atoms with van der Waals surface area (Å²) in [5.41, 5.74) is 0.407. The molecule has 6 heteroatoms. The number of carbonyl (C=O) groups is 2. The lowest BCUT2D eigenvalue weighted by atomic mass is 9.99. The second-order valence-corrected chi connectivity index (χ2v) is 6.00. The van der Waals surface area contributed by atoms with Crippen molar-refractivity contribution in [2.45, 2.75) is 32.7 Å². The van der Waals surface area contributed by atoms with Crippen LogP contribution in [-0.4, -0.2) is 53.0 Å². The van der Waals surface area contributed by atoms with E-state index < -0.39 is 12.0 Å². The van der Waals surface area contributed by atoms with Crippen molar-refractivity contribution in [2.75, 3.05) is 25.0 Å². The van der Waals surface area contributed by atoms with E-state index in [-0.39, 0.29) is 5.91 Å². The van der Waals surface area contributed by atoms with Gasteiger partial charge in [-0.1, -0.05) is 6.92 Å². The van der Waals surface area contributed by atoms with E-state index in [4.69, 9.17) is 5.11 Å². The Morgan fingerprint density at radius 2 is 2.00 bits per heavy atom. The normalized spacial score (nSPS) is 17.1. The van der Waals surface area contributed by atoms with Crippen LogP contribution in [0.4, 0.5) is 5.82 Å². The third kappa shape index (κ3) is 3.55. The molecular weight excluding hydrogens is 282 g/mol. The van der Waals surface area contributed by atoms with E-state index in [9.17, 15) is 9.59 Å². The number of carboxylic acids is 1. The van der Waals surface area contributed by atoms with E-state index in [0.717, 1.165) is 37.7 Å². The molecular formula is C16H23N3O3. The van der Waals surface area contributed by atoms with Gasteiger partial charge in [-0.3, -0.25) is 4.79 Å². The SMILES string of the molecule is CC1CCN(c2ccc(C(=O)N(C)C(C)C(=O)O)cn2)CC1. The molecule has 6 nitrogen and oxygen atoms in total. The standard InChI is InChI=1S/C16H23N3O3/c1-11-6-8-19(9-7-11)14-5-4-13(10-17-14)15(20)18(3)12(2)16(21)22/h4-5,10-12H,6-9H2,1-3H3,(H,21,22). The molecule has 0 aliphatic carbocycles. The maximum Gasteiger partial charge on any atom is 0.326 e. The molecule has 0 spiro atoms. The van der Waals surface area contributed by atoms with Gasteiger partial charge in [0.2, 0.25) is 0 Å². The smallest absolute Gasteiger partial charge is 0.326 e. The lowest BCUT2D eigenvalue weighted by Crippen LogP contribution is -2.40. The third-order valence-corrected chi connectivity index (χ3v) is 4.36. The number of pyridine rings is 1. The van der Waals surface area contributed by atoms with Gasteiger partial charge >= 0.3 is 5.97 Å². The van der Waals surface area contributed by atoms with Crippen molar-refractivity contribution < 1.29 is 14.7 Å². The lowest BCUT2D eigenvalue weighted by molar-refractivity contribution is -0.141. The lowest BCUT2D eigenvalue weighted by Gasteiger charge is -2.31. The van der Waals surface area contributed by atoms with Gasteiger partial charge in [-0.15, -0.1) is 0 Å². The van der Waals surface area contributed by atoms with E-state index in [2.05, 4.69) is 16.8 Å². The van der Waals surface area contributed by atoms with Crippen molar-refractivity contribution in [1.29, 1.82) is 0 Å². The van der Waals surface area contributed by atoms with E-state index in [1.54, 1.807) is 6.07 Å². The summed E-state index contributed by atoms with van der Waals surface area (Å²) in [6, 6.07) is 2.69. The molecule has 1 aromatic rings. The number of hydrogen-bond donors (Lipinski definition) is 1. The summed E-state index contributed by atoms with van der Waals surface area (Å²) in [6.07, 6.45) is 3.84. The number of carboxylic acid groups (broad SMARTS) is 1. The molecule has 120 valence electrons. The average molecular weight is 305 g/mol. The molecule has 1 fully saturated rings. The maximum atomic E-state index is 12.2. The molecule has 2 rings (SSSR count). The van der Waals surface area contributed by atoms with Crippen LogP contribution in [0.2, 0.25) is 0 Å². The van der Waals surface area contributed by atoms with Crippen LogP contribution in [0.1, 0.15) is 37.0 Å². The van der Waals surface area contributed by atoms with Gasteiger partial charge in [0, 0.05) is 26.3 Å². The van der Waals surface area contributed by atoms with Crippen LogP contribution in [0.3, 0.4) is 0 Å². The molecule has 1 aromatic heterocycles. The summed E-state index contributed by atoms with van der Waals surface area (Å²) in [4.78, 5) is 31.0. The van der Waals surface area contributed by atoms with Gasteiger partial charge in [0.05, 0.1) is 5.56 Å². The zero-order valence-corrected chi connectivity index (χ0v) is 13.3. The highest BCUT2D eigenvalue weighted by Crippen LogP contribution is 2.21. The number of aliphatic carboxylic acids is 1. The number of amides is 1. The molecule has 1 aliphatic rings. The van der Waals surface area contributed by atoms with Crippen molar-refractivity contribution in [2.24, 2.45) is 5.92 Å². The molecule has 1 unspecified atom stereocenters. The molecule has 0 radical (unpaired) electrons. The van der Waals surface area contributed by atoms with Crippen molar-refractivity contribution in [3.63, 3.8) is 0 Å². The van der Waals surface area contributed by atoms with Gasteiger partial charge in [0.1, 0.15) is 11.9 Å². The van der Waals surface area contributed by atoms with Crippen LogP contribution in [-0.2, 0) is 4.79 Å². The Hall–Kier alpha value is -2.11. The van der Waals surface area contributed by atoms with Crippen molar-refractivity contribution in [3.05, 3.63) is 23.9 Å². The third-order valence-electron chi connectivity index (χ3n) is 4.36. The largest absolute Gasteiger partial charge is 0.480 e. The summed E-state index contributed by atoms with van der Waals surface area (Å²) < 4.78 is 0. The van der Waals surface area contributed by atoms with Crippen LogP contribution in [0, 0.1) is 5.92 Å². The molecule has 1 aliphatic heterocycles. The van der Waals surface area contributed by atoms with E-state index in [1.807, 2.05) is 6.07 Å². The zero-order chi connectivity index (χ0) is 16.3. The highest BCUT2D eigenvalue weighted by Gasteiger charge is 2.23. The molecule has 0 saturated carbocycles. The number of rotatable bonds is 4. The summed E-state index contributed by atoms with van der Waals surface area (Å²) >= 11 is 0. The maximum absolute atomic E-state index is 12.2. The Morgan fingerprint density at radius 3 is 2.50 bits per heavy atom. The quantitative estimate of drug-likeness (QED) is 0.919. The molecule has 1 atom stereocenters.